The Balaban J connectivity index is 1.65. The first kappa shape index (κ1) is 18.5. The van der Waals surface area contributed by atoms with Crippen LogP contribution in [-0.4, -0.2) is 20.8 Å². The van der Waals surface area contributed by atoms with Crippen molar-refractivity contribution in [3.8, 4) is 11.1 Å². The Morgan fingerprint density at radius 1 is 1.10 bits per heavy atom. The summed E-state index contributed by atoms with van der Waals surface area (Å²) in [5.41, 5.74) is 1.46. The number of anilines is 1. The van der Waals surface area contributed by atoms with Crippen LogP contribution in [0.2, 0.25) is 0 Å². The van der Waals surface area contributed by atoms with Gasteiger partial charge in [-0.2, -0.15) is 0 Å². The number of fused-ring (bicyclic) bond motifs is 1. The van der Waals surface area contributed by atoms with Gasteiger partial charge in [0.1, 0.15) is 17.3 Å². The Hall–Kier alpha value is -3.88. The van der Waals surface area contributed by atoms with Crippen LogP contribution < -0.4 is 5.32 Å². The van der Waals surface area contributed by atoms with Gasteiger partial charge in [-0.1, -0.05) is 12.1 Å². The first-order chi connectivity index (χ1) is 13.9. The number of carbonyl (C=O) groups is 1. The molecule has 0 unspecified atom stereocenters. The fourth-order valence-corrected chi connectivity index (χ4v) is 3.22. The maximum atomic E-state index is 14.5. The molecule has 0 bridgehead atoms. The van der Waals surface area contributed by atoms with Gasteiger partial charge in [0.2, 0.25) is 0 Å². The third kappa shape index (κ3) is 3.62. The lowest BCUT2D eigenvalue weighted by molar-refractivity contribution is -0.384. The van der Waals surface area contributed by atoms with Crippen LogP contribution in [0.3, 0.4) is 0 Å². The maximum absolute atomic E-state index is 14.5. The predicted octanol–water partition coefficient (Wildman–Crippen LogP) is 4.48. The second-order valence-corrected chi connectivity index (χ2v) is 6.54. The molecule has 4 rings (SSSR count). The summed E-state index contributed by atoms with van der Waals surface area (Å²) in [5, 5.41) is 13.9. The fourth-order valence-electron chi connectivity index (χ4n) is 3.22. The Morgan fingerprint density at radius 3 is 2.52 bits per heavy atom. The van der Waals surface area contributed by atoms with E-state index < -0.39 is 28.3 Å². The van der Waals surface area contributed by atoms with Gasteiger partial charge in [0.15, 0.2) is 0 Å². The van der Waals surface area contributed by atoms with Crippen molar-refractivity contribution < 1.29 is 18.5 Å². The first-order valence-electron chi connectivity index (χ1n) is 8.64. The van der Waals surface area contributed by atoms with Gasteiger partial charge in [-0.05, 0) is 41.0 Å². The number of benzene rings is 2. The van der Waals surface area contributed by atoms with Crippen molar-refractivity contribution in [1.82, 2.24) is 9.88 Å². The smallest absolute Gasteiger partial charge is 0.316 e. The third-order valence-electron chi connectivity index (χ3n) is 4.69. The zero-order valence-corrected chi connectivity index (χ0v) is 14.9. The van der Waals surface area contributed by atoms with Crippen molar-refractivity contribution in [1.29, 1.82) is 0 Å². The zero-order valence-electron chi connectivity index (χ0n) is 14.9. The molecular weight excluding hydrogens is 382 g/mol. The highest BCUT2D eigenvalue weighted by Gasteiger charge is 2.26. The van der Waals surface area contributed by atoms with E-state index in [-0.39, 0.29) is 11.3 Å². The number of hydrogen-bond donors (Lipinski definition) is 1. The van der Waals surface area contributed by atoms with Gasteiger partial charge in [0.05, 0.1) is 11.0 Å². The van der Waals surface area contributed by atoms with Crippen LogP contribution in [0.5, 0.6) is 0 Å². The lowest BCUT2D eigenvalue weighted by Crippen LogP contribution is -2.30. The summed E-state index contributed by atoms with van der Waals surface area (Å²) in [4.78, 5) is 28.7. The standard InChI is InChI=1S/C20H14F2N4O3/c21-15-3-1-12(2-4-15)16-7-18(19(26(28)29)8-17(16)22)24-20(27)25-10-13-5-6-23-9-14(13)11-25/h1-9H,10-11H2,(H,24,27). The Morgan fingerprint density at radius 2 is 1.83 bits per heavy atom. The lowest BCUT2D eigenvalue weighted by atomic mass is 10.0. The van der Waals surface area contributed by atoms with E-state index in [1.54, 1.807) is 18.5 Å². The van der Waals surface area contributed by atoms with Crippen LogP contribution in [0, 0.1) is 21.7 Å². The van der Waals surface area contributed by atoms with Crippen LogP contribution in [0.1, 0.15) is 11.1 Å². The number of nitro benzene ring substituents is 1. The second-order valence-electron chi connectivity index (χ2n) is 6.54. The minimum Gasteiger partial charge on any atom is -0.316 e. The molecule has 1 aliphatic heterocycles. The highest BCUT2D eigenvalue weighted by molar-refractivity contribution is 5.93. The molecule has 1 N–H and O–H groups in total. The van der Waals surface area contributed by atoms with E-state index in [9.17, 15) is 23.7 Å². The maximum Gasteiger partial charge on any atom is 0.322 e. The van der Waals surface area contributed by atoms with Crippen molar-refractivity contribution in [2.24, 2.45) is 0 Å². The van der Waals surface area contributed by atoms with E-state index >= 15 is 0 Å². The number of nitrogens with one attached hydrogen (secondary N) is 1. The monoisotopic (exact) mass is 396 g/mol. The van der Waals surface area contributed by atoms with Crippen LogP contribution in [-0.2, 0) is 13.1 Å². The largest absolute Gasteiger partial charge is 0.322 e. The Bertz CT molecular complexity index is 1090. The number of amides is 2. The van der Waals surface area contributed by atoms with E-state index in [0.717, 1.165) is 29.3 Å². The number of nitro groups is 1. The molecule has 3 aromatic rings. The van der Waals surface area contributed by atoms with E-state index in [1.165, 1.54) is 23.1 Å². The summed E-state index contributed by atoms with van der Waals surface area (Å²) in [6, 6.07) is 8.20. The minimum absolute atomic E-state index is 0.0137. The second kappa shape index (κ2) is 7.27. The summed E-state index contributed by atoms with van der Waals surface area (Å²) >= 11 is 0. The molecule has 0 atom stereocenters. The number of aromatic nitrogens is 1. The summed E-state index contributed by atoms with van der Waals surface area (Å²) in [5.74, 6) is -1.34. The molecule has 1 aliphatic rings. The molecule has 0 aliphatic carbocycles. The molecule has 2 aromatic carbocycles. The average Bonchev–Trinajstić information content (AvgIpc) is 3.14. The molecule has 2 heterocycles. The molecule has 29 heavy (non-hydrogen) atoms. The molecule has 146 valence electrons. The normalized spacial score (nSPS) is 12.6. The number of halogens is 2. The number of urea groups is 1. The van der Waals surface area contributed by atoms with Gasteiger partial charge < -0.3 is 10.2 Å². The zero-order chi connectivity index (χ0) is 20.5. The predicted molar refractivity (Wildman–Crippen MR) is 101 cm³/mol. The van der Waals surface area contributed by atoms with Crippen molar-refractivity contribution in [3.63, 3.8) is 0 Å². The third-order valence-corrected chi connectivity index (χ3v) is 4.69. The molecule has 0 fully saturated rings. The van der Waals surface area contributed by atoms with Gasteiger partial charge in [-0.25, -0.2) is 13.6 Å². The van der Waals surface area contributed by atoms with Crippen molar-refractivity contribution >= 4 is 17.4 Å². The molecular formula is C20H14F2N4O3. The van der Waals surface area contributed by atoms with Gasteiger partial charge in [-0.3, -0.25) is 15.1 Å². The van der Waals surface area contributed by atoms with Gasteiger partial charge in [0, 0.05) is 31.0 Å². The molecule has 7 nitrogen and oxygen atoms in total. The number of rotatable bonds is 3. The quantitative estimate of drug-likeness (QED) is 0.522. The lowest BCUT2D eigenvalue weighted by Gasteiger charge is -2.17. The SMILES string of the molecule is O=C(Nc1cc(-c2ccc(F)cc2)c(F)cc1[N+](=O)[O-])N1Cc2ccncc2C1. The van der Waals surface area contributed by atoms with Crippen LogP contribution >= 0.6 is 0 Å². The van der Waals surface area contributed by atoms with Crippen molar-refractivity contribution in [3.05, 3.63) is 87.7 Å². The van der Waals surface area contributed by atoms with Crippen LogP contribution in [0.4, 0.5) is 25.0 Å². The fraction of sp³-hybridized carbons (Fsp3) is 0.100. The molecule has 0 saturated heterocycles. The summed E-state index contributed by atoms with van der Waals surface area (Å²) < 4.78 is 27.6. The van der Waals surface area contributed by atoms with Crippen LogP contribution in [0.25, 0.3) is 11.1 Å². The summed E-state index contributed by atoms with van der Waals surface area (Å²) in [7, 11) is 0. The number of pyridine rings is 1. The molecule has 0 spiro atoms. The molecule has 9 heteroatoms. The Kier molecular flexibility index (Phi) is 4.63. The van der Waals surface area contributed by atoms with Crippen molar-refractivity contribution in [2.45, 2.75) is 13.1 Å². The minimum atomic E-state index is -0.846. The number of carbonyl (C=O) groups excluding carboxylic acids is 1. The van der Waals surface area contributed by atoms with Gasteiger partial charge >= 0.3 is 6.03 Å². The van der Waals surface area contributed by atoms with Crippen molar-refractivity contribution in [2.75, 3.05) is 5.32 Å². The number of nitrogens with zero attached hydrogens (tertiary/aromatic N) is 3. The van der Waals surface area contributed by atoms with E-state index in [4.69, 9.17) is 0 Å². The van der Waals surface area contributed by atoms with E-state index in [1.807, 2.05) is 0 Å². The van der Waals surface area contributed by atoms with E-state index in [2.05, 4.69) is 10.3 Å². The highest BCUT2D eigenvalue weighted by Crippen LogP contribution is 2.34. The topological polar surface area (TPSA) is 88.4 Å². The first-order valence-corrected chi connectivity index (χ1v) is 8.64. The summed E-state index contributed by atoms with van der Waals surface area (Å²) in [6.45, 7) is 0.651. The highest BCUT2D eigenvalue weighted by atomic mass is 19.1. The Labute approximate surface area is 163 Å². The molecule has 1 aromatic heterocycles. The van der Waals surface area contributed by atoms with Gasteiger partial charge in [-0.15, -0.1) is 0 Å². The molecule has 0 radical (unpaired) electrons. The molecule has 2 amide bonds. The van der Waals surface area contributed by atoms with E-state index in [0.29, 0.717) is 18.7 Å². The molecule has 0 saturated carbocycles. The van der Waals surface area contributed by atoms with Gasteiger partial charge in [0.25, 0.3) is 5.69 Å². The number of hydrogen-bond acceptors (Lipinski definition) is 4. The summed E-state index contributed by atoms with van der Waals surface area (Å²) in [6.07, 6.45) is 3.29. The van der Waals surface area contributed by atoms with Crippen LogP contribution in [0.15, 0.2) is 54.9 Å². The average molecular weight is 396 g/mol.